The maximum Gasteiger partial charge on any atom is 0.265 e. The molecule has 2 amide bonds. The molecule has 3 aromatic rings. The van der Waals surface area contributed by atoms with Crippen molar-refractivity contribution in [3.05, 3.63) is 53.5 Å². The van der Waals surface area contributed by atoms with E-state index in [0.29, 0.717) is 5.71 Å². The summed E-state index contributed by atoms with van der Waals surface area (Å²) in [6, 6.07) is 16.2. The maximum absolute atomic E-state index is 12.2. The van der Waals surface area contributed by atoms with E-state index in [0.717, 1.165) is 26.4 Å². The van der Waals surface area contributed by atoms with E-state index in [9.17, 15) is 9.59 Å². The number of thiazole rings is 1. The lowest BCUT2D eigenvalue weighted by Crippen LogP contribution is -2.32. The minimum absolute atomic E-state index is 0.155. The van der Waals surface area contributed by atoms with Gasteiger partial charge in [0.1, 0.15) is 10.7 Å². The van der Waals surface area contributed by atoms with E-state index in [1.807, 2.05) is 30.3 Å². The lowest BCUT2D eigenvalue weighted by molar-refractivity contribution is -0.120. The molecule has 1 aliphatic heterocycles. The van der Waals surface area contributed by atoms with Gasteiger partial charge in [-0.1, -0.05) is 36.4 Å². The fourth-order valence-electron chi connectivity index (χ4n) is 2.89. The van der Waals surface area contributed by atoms with Crippen LogP contribution in [0.2, 0.25) is 0 Å². The van der Waals surface area contributed by atoms with Gasteiger partial charge in [0, 0.05) is 6.42 Å². The summed E-state index contributed by atoms with van der Waals surface area (Å²) in [5.74, 6) is -0.744. The van der Waals surface area contributed by atoms with E-state index in [-0.39, 0.29) is 31.0 Å². The van der Waals surface area contributed by atoms with Crippen molar-refractivity contribution >= 4 is 44.8 Å². The van der Waals surface area contributed by atoms with Crippen molar-refractivity contribution in [2.45, 2.75) is 12.8 Å². The molecule has 2 aromatic carbocycles. The number of nitrogens with two attached hydrogens (primary N) is 1. The Morgan fingerprint density at radius 1 is 1.07 bits per heavy atom. The molecular weight excluding hydrogens is 374 g/mol. The van der Waals surface area contributed by atoms with E-state index in [2.05, 4.69) is 38.7 Å². The number of hydrogen-bond donors (Lipinski definition) is 2. The van der Waals surface area contributed by atoms with Gasteiger partial charge in [-0.15, -0.1) is 16.4 Å². The largest absolute Gasteiger partial charge is 0.364 e. The molecule has 8 heteroatoms. The van der Waals surface area contributed by atoms with E-state index >= 15 is 0 Å². The lowest BCUT2D eigenvalue weighted by atomic mass is 10.1. The molecule has 1 aromatic heterocycles. The number of carbonyl (C=O) groups excluding carboxylic acids is 2. The SMILES string of the molecule is NC(=O)C1=NN=C(CNC(=O)Cc2nc3ccc(-c4ccccc4)cc3s2)C1. The molecule has 0 fully saturated rings. The summed E-state index contributed by atoms with van der Waals surface area (Å²) in [4.78, 5) is 27.8. The minimum atomic E-state index is -0.588. The van der Waals surface area contributed by atoms with Crippen LogP contribution in [0.4, 0.5) is 0 Å². The number of nitrogens with one attached hydrogen (secondary N) is 1. The summed E-state index contributed by atoms with van der Waals surface area (Å²) in [5, 5.41) is 11.1. The van der Waals surface area contributed by atoms with Gasteiger partial charge in [0.05, 0.1) is 28.9 Å². The van der Waals surface area contributed by atoms with Crippen LogP contribution < -0.4 is 11.1 Å². The minimum Gasteiger partial charge on any atom is -0.364 e. The van der Waals surface area contributed by atoms with Gasteiger partial charge in [0.15, 0.2) is 0 Å². The van der Waals surface area contributed by atoms with Gasteiger partial charge in [-0.25, -0.2) is 4.98 Å². The van der Waals surface area contributed by atoms with Crippen LogP contribution in [0.15, 0.2) is 58.7 Å². The Morgan fingerprint density at radius 2 is 1.89 bits per heavy atom. The second-order valence-corrected chi connectivity index (χ2v) is 7.48. The third-order valence-electron chi connectivity index (χ3n) is 4.31. The molecule has 4 rings (SSSR count). The Hall–Kier alpha value is -3.39. The Morgan fingerprint density at radius 3 is 2.64 bits per heavy atom. The zero-order valence-electron chi connectivity index (χ0n) is 14.9. The van der Waals surface area contributed by atoms with Gasteiger partial charge >= 0.3 is 0 Å². The summed E-state index contributed by atoms with van der Waals surface area (Å²) in [6.45, 7) is 0.238. The second-order valence-electron chi connectivity index (χ2n) is 6.36. The van der Waals surface area contributed by atoms with Gasteiger partial charge in [0.25, 0.3) is 5.91 Å². The molecule has 2 heterocycles. The molecule has 140 valence electrons. The number of fused-ring (bicyclic) bond motifs is 1. The van der Waals surface area contributed by atoms with Crippen LogP contribution >= 0.6 is 11.3 Å². The highest BCUT2D eigenvalue weighted by atomic mass is 32.1. The van der Waals surface area contributed by atoms with Gasteiger partial charge < -0.3 is 11.1 Å². The van der Waals surface area contributed by atoms with E-state index in [1.165, 1.54) is 11.3 Å². The van der Waals surface area contributed by atoms with Crippen LogP contribution in [0.1, 0.15) is 11.4 Å². The summed E-state index contributed by atoms with van der Waals surface area (Å²) in [5.41, 5.74) is 9.14. The number of hydrogen-bond acceptors (Lipinski definition) is 6. The first-order valence-electron chi connectivity index (χ1n) is 8.72. The van der Waals surface area contributed by atoms with Gasteiger partial charge in [-0.2, -0.15) is 5.10 Å². The normalized spacial score (nSPS) is 13.3. The van der Waals surface area contributed by atoms with Crippen molar-refractivity contribution in [2.24, 2.45) is 15.9 Å². The van der Waals surface area contributed by atoms with Crippen LogP contribution in [0.3, 0.4) is 0 Å². The fraction of sp³-hybridized carbons (Fsp3) is 0.150. The molecule has 0 spiro atoms. The Balaban J connectivity index is 1.38. The maximum atomic E-state index is 12.2. The molecule has 0 aliphatic carbocycles. The smallest absolute Gasteiger partial charge is 0.265 e. The number of benzene rings is 2. The average Bonchev–Trinajstić information content (AvgIpc) is 3.33. The summed E-state index contributed by atoms with van der Waals surface area (Å²) < 4.78 is 1.05. The first-order chi connectivity index (χ1) is 13.6. The number of rotatable bonds is 6. The fourth-order valence-corrected chi connectivity index (χ4v) is 3.89. The van der Waals surface area contributed by atoms with Gasteiger partial charge in [0.2, 0.25) is 5.91 Å². The van der Waals surface area contributed by atoms with Gasteiger partial charge in [-0.05, 0) is 23.3 Å². The summed E-state index contributed by atoms with van der Waals surface area (Å²) >= 11 is 1.51. The van der Waals surface area contributed by atoms with Crippen molar-refractivity contribution in [1.29, 1.82) is 0 Å². The Labute approximate surface area is 165 Å². The summed E-state index contributed by atoms with van der Waals surface area (Å²) in [7, 11) is 0. The first kappa shape index (κ1) is 18.0. The van der Waals surface area contributed by atoms with Crippen LogP contribution in [-0.2, 0) is 16.0 Å². The molecule has 0 atom stereocenters. The highest BCUT2D eigenvalue weighted by Crippen LogP contribution is 2.28. The molecule has 0 unspecified atom stereocenters. The number of amides is 2. The third kappa shape index (κ3) is 3.96. The van der Waals surface area contributed by atoms with E-state index < -0.39 is 5.91 Å². The average molecular weight is 391 g/mol. The second kappa shape index (κ2) is 7.69. The first-order valence-corrected chi connectivity index (χ1v) is 9.54. The predicted molar refractivity (Wildman–Crippen MR) is 110 cm³/mol. The predicted octanol–water partition coefficient (Wildman–Crippen LogP) is 2.31. The van der Waals surface area contributed by atoms with Crippen LogP contribution in [-0.4, -0.2) is 34.8 Å². The van der Waals surface area contributed by atoms with E-state index in [4.69, 9.17) is 5.73 Å². The molecule has 0 saturated carbocycles. The van der Waals surface area contributed by atoms with Crippen molar-refractivity contribution < 1.29 is 9.59 Å². The molecule has 0 bridgehead atoms. The van der Waals surface area contributed by atoms with Crippen molar-refractivity contribution in [3.8, 4) is 11.1 Å². The highest BCUT2D eigenvalue weighted by molar-refractivity contribution is 7.18. The lowest BCUT2D eigenvalue weighted by Gasteiger charge is -2.03. The number of carbonyl (C=O) groups is 2. The number of nitrogens with zero attached hydrogens (tertiary/aromatic N) is 3. The molecule has 3 N–H and O–H groups in total. The number of primary amides is 1. The summed E-state index contributed by atoms with van der Waals surface area (Å²) in [6.07, 6.45) is 0.468. The Bertz CT molecular complexity index is 1120. The zero-order chi connectivity index (χ0) is 19.5. The highest BCUT2D eigenvalue weighted by Gasteiger charge is 2.18. The van der Waals surface area contributed by atoms with E-state index in [1.54, 1.807) is 0 Å². The molecular formula is C20H17N5O2S. The molecule has 7 nitrogen and oxygen atoms in total. The van der Waals surface area contributed by atoms with Crippen LogP contribution in [0, 0.1) is 0 Å². The van der Waals surface area contributed by atoms with Crippen LogP contribution in [0.25, 0.3) is 21.3 Å². The topological polar surface area (TPSA) is 110 Å². The third-order valence-corrected chi connectivity index (χ3v) is 5.33. The molecule has 0 radical (unpaired) electrons. The monoisotopic (exact) mass is 391 g/mol. The quantitative estimate of drug-likeness (QED) is 0.673. The van der Waals surface area contributed by atoms with Crippen molar-refractivity contribution in [1.82, 2.24) is 10.3 Å². The molecule has 28 heavy (non-hydrogen) atoms. The van der Waals surface area contributed by atoms with Crippen molar-refractivity contribution in [2.75, 3.05) is 6.54 Å². The Kier molecular flexibility index (Phi) is 4.94. The standard InChI is InChI=1S/C20H17N5O2S/c21-20(27)16-9-14(24-25-16)11-22-18(26)10-19-23-15-7-6-13(8-17(15)28-19)12-4-2-1-3-5-12/h1-8H,9-11H2,(H2,21,27)(H,22,26). The number of aromatic nitrogens is 1. The van der Waals surface area contributed by atoms with Crippen molar-refractivity contribution in [3.63, 3.8) is 0 Å². The van der Waals surface area contributed by atoms with Crippen LogP contribution in [0.5, 0.6) is 0 Å². The zero-order valence-corrected chi connectivity index (χ0v) is 15.7. The molecule has 0 saturated heterocycles. The molecule has 1 aliphatic rings. The van der Waals surface area contributed by atoms with Gasteiger partial charge in [-0.3, -0.25) is 9.59 Å².